The van der Waals surface area contributed by atoms with Gasteiger partial charge in [0.05, 0.1) is 0 Å². The van der Waals surface area contributed by atoms with Gasteiger partial charge < -0.3 is 15.4 Å². The minimum atomic E-state index is -0.427. The molecule has 0 bridgehead atoms. The van der Waals surface area contributed by atoms with Crippen LogP contribution < -0.4 is 10.6 Å². The summed E-state index contributed by atoms with van der Waals surface area (Å²) in [6, 6.07) is 1.07. The topological polar surface area (TPSA) is 50.4 Å². The highest BCUT2D eigenvalue weighted by molar-refractivity contribution is 7.98. The van der Waals surface area contributed by atoms with E-state index in [-0.39, 0.29) is 6.09 Å². The first-order valence-corrected chi connectivity index (χ1v) is 9.43. The number of amides is 1. The summed E-state index contributed by atoms with van der Waals surface area (Å²) in [5.74, 6) is 1.72. The Balaban J connectivity index is 2.31. The van der Waals surface area contributed by atoms with E-state index < -0.39 is 5.60 Å². The molecule has 1 saturated carbocycles. The van der Waals surface area contributed by atoms with E-state index in [1.54, 1.807) is 0 Å². The molecule has 1 rings (SSSR count). The standard InChI is InChI=1S/C16H32N2O2S/c1-12(9-10-21-5)18-14-8-6-7-13(14)11-17-15(19)20-16(2,3)4/h12-14,18H,6-11H2,1-5H3,(H,17,19). The molecule has 3 atom stereocenters. The molecule has 0 saturated heterocycles. The van der Waals surface area contributed by atoms with Crippen molar-refractivity contribution in [2.75, 3.05) is 18.6 Å². The minimum absolute atomic E-state index is 0.302. The molecule has 1 fully saturated rings. The maximum atomic E-state index is 11.7. The van der Waals surface area contributed by atoms with Gasteiger partial charge in [-0.25, -0.2) is 4.79 Å². The van der Waals surface area contributed by atoms with E-state index in [9.17, 15) is 4.79 Å². The predicted molar refractivity (Wildman–Crippen MR) is 91.0 cm³/mol. The third kappa shape index (κ3) is 7.96. The quantitative estimate of drug-likeness (QED) is 0.756. The Morgan fingerprint density at radius 2 is 2.10 bits per heavy atom. The Bertz CT molecular complexity index is 318. The van der Waals surface area contributed by atoms with E-state index in [0.29, 0.717) is 24.5 Å². The predicted octanol–water partition coefficient (Wildman–Crippen LogP) is 3.41. The number of carbonyl (C=O) groups is 1. The van der Waals surface area contributed by atoms with Gasteiger partial charge in [-0.2, -0.15) is 11.8 Å². The molecule has 1 amide bonds. The molecule has 4 nitrogen and oxygen atoms in total. The second-order valence-electron chi connectivity index (χ2n) is 7.03. The Morgan fingerprint density at radius 1 is 1.38 bits per heavy atom. The van der Waals surface area contributed by atoms with E-state index in [0.717, 1.165) is 0 Å². The Labute approximate surface area is 134 Å². The van der Waals surface area contributed by atoms with Crippen LogP contribution in [0.1, 0.15) is 53.4 Å². The Kier molecular flexibility index (Phi) is 7.88. The molecule has 0 aliphatic heterocycles. The van der Waals surface area contributed by atoms with Gasteiger partial charge >= 0.3 is 6.09 Å². The first-order chi connectivity index (χ1) is 9.81. The molecule has 5 heteroatoms. The van der Waals surface area contributed by atoms with Crippen LogP contribution in [-0.4, -0.2) is 42.3 Å². The molecule has 1 aliphatic rings. The number of ether oxygens (including phenoxy) is 1. The van der Waals surface area contributed by atoms with Crippen LogP contribution in [0.3, 0.4) is 0 Å². The van der Waals surface area contributed by atoms with E-state index >= 15 is 0 Å². The summed E-state index contributed by atoms with van der Waals surface area (Å²) in [4.78, 5) is 11.7. The van der Waals surface area contributed by atoms with Crippen molar-refractivity contribution in [3.63, 3.8) is 0 Å². The van der Waals surface area contributed by atoms with Gasteiger partial charge in [0.2, 0.25) is 0 Å². The number of hydrogen-bond acceptors (Lipinski definition) is 4. The van der Waals surface area contributed by atoms with Gasteiger partial charge in [0.1, 0.15) is 5.60 Å². The van der Waals surface area contributed by atoms with Crippen molar-refractivity contribution in [1.82, 2.24) is 10.6 Å². The highest BCUT2D eigenvalue weighted by Crippen LogP contribution is 2.26. The van der Waals surface area contributed by atoms with Gasteiger partial charge in [0.25, 0.3) is 0 Å². The largest absolute Gasteiger partial charge is 0.444 e. The van der Waals surface area contributed by atoms with Crippen LogP contribution in [0, 0.1) is 5.92 Å². The maximum Gasteiger partial charge on any atom is 0.407 e. The van der Waals surface area contributed by atoms with Crippen molar-refractivity contribution in [2.45, 2.75) is 71.1 Å². The molecule has 0 radical (unpaired) electrons. The maximum absolute atomic E-state index is 11.7. The monoisotopic (exact) mass is 316 g/mol. The minimum Gasteiger partial charge on any atom is -0.444 e. The first kappa shape index (κ1) is 18.6. The molecular weight excluding hydrogens is 284 g/mol. The van der Waals surface area contributed by atoms with Gasteiger partial charge in [-0.15, -0.1) is 0 Å². The third-order valence-electron chi connectivity index (χ3n) is 3.82. The highest BCUT2D eigenvalue weighted by atomic mass is 32.2. The molecule has 3 unspecified atom stereocenters. The van der Waals surface area contributed by atoms with E-state index in [1.165, 1.54) is 31.4 Å². The zero-order valence-electron chi connectivity index (χ0n) is 14.2. The van der Waals surface area contributed by atoms with Crippen molar-refractivity contribution in [3.05, 3.63) is 0 Å². The average molecular weight is 317 g/mol. The van der Waals surface area contributed by atoms with Crippen molar-refractivity contribution < 1.29 is 9.53 Å². The third-order valence-corrected chi connectivity index (χ3v) is 4.46. The van der Waals surface area contributed by atoms with Gasteiger partial charge in [0, 0.05) is 18.6 Å². The van der Waals surface area contributed by atoms with Crippen molar-refractivity contribution in [2.24, 2.45) is 5.92 Å². The second-order valence-corrected chi connectivity index (χ2v) is 8.02. The second kappa shape index (κ2) is 8.89. The molecule has 21 heavy (non-hydrogen) atoms. The lowest BCUT2D eigenvalue weighted by molar-refractivity contribution is 0.0517. The van der Waals surface area contributed by atoms with Crippen LogP contribution in [0.15, 0.2) is 0 Å². The molecule has 0 aromatic rings. The first-order valence-electron chi connectivity index (χ1n) is 8.03. The fourth-order valence-corrected chi connectivity index (χ4v) is 3.36. The number of carbonyl (C=O) groups excluding carboxylic acids is 1. The number of nitrogens with one attached hydrogen (secondary N) is 2. The lowest BCUT2D eigenvalue weighted by atomic mass is 10.0. The van der Waals surface area contributed by atoms with Crippen LogP contribution in [0.25, 0.3) is 0 Å². The number of rotatable bonds is 7. The average Bonchev–Trinajstić information content (AvgIpc) is 2.79. The Hall–Kier alpha value is -0.420. The fourth-order valence-electron chi connectivity index (χ4n) is 2.77. The van der Waals surface area contributed by atoms with Crippen LogP contribution in [0.5, 0.6) is 0 Å². The number of thioether (sulfide) groups is 1. The van der Waals surface area contributed by atoms with Crippen molar-refractivity contribution in [1.29, 1.82) is 0 Å². The van der Waals surface area contributed by atoms with Crippen LogP contribution in [0.2, 0.25) is 0 Å². The van der Waals surface area contributed by atoms with Gasteiger partial charge in [-0.3, -0.25) is 0 Å². The molecule has 1 aliphatic carbocycles. The molecule has 0 aromatic heterocycles. The van der Waals surface area contributed by atoms with Crippen molar-refractivity contribution >= 4 is 17.9 Å². The lowest BCUT2D eigenvalue weighted by Gasteiger charge is -2.26. The summed E-state index contributed by atoms with van der Waals surface area (Å²) in [6.07, 6.45) is 6.68. The summed E-state index contributed by atoms with van der Waals surface area (Å²) < 4.78 is 5.29. The summed E-state index contributed by atoms with van der Waals surface area (Å²) >= 11 is 1.89. The van der Waals surface area contributed by atoms with Crippen LogP contribution >= 0.6 is 11.8 Å². The zero-order chi connectivity index (χ0) is 15.9. The highest BCUT2D eigenvalue weighted by Gasteiger charge is 2.28. The van der Waals surface area contributed by atoms with E-state index in [4.69, 9.17) is 4.74 Å². The Morgan fingerprint density at radius 3 is 2.71 bits per heavy atom. The van der Waals surface area contributed by atoms with Crippen LogP contribution in [-0.2, 0) is 4.74 Å². The normalized spacial score (nSPS) is 23.9. The van der Waals surface area contributed by atoms with Crippen molar-refractivity contribution in [3.8, 4) is 0 Å². The lowest BCUT2D eigenvalue weighted by Crippen LogP contribution is -2.44. The molecule has 2 N–H and O–H groups in total. The summed E-state index contributed by atoms with van der Waals surface area (Å²) in [6.45, 7) is 8.63. The summed E-state index contributed by atoms with van der Waals surface area (Å²) in [5.41, 5.74) is -0.427. The molecular formula is C16H32N2O2S. The smallest absolute Gasteiger partial charge is 0.407 e. The van der Waals surface area contributed by atoms with Gasteiger partial charge in [0.15, 0.2) is 0 Å². The number of hydrogen-bond donors (Lipinski definition) is 2. The van der Waals surface area contributed by atoms with E-state index in [1.807, 2.05) is 32.5 Å². The fraction of sp³-hybridized carbons (Fsp3) is 0.938. The van der Waals surface area contributed by atoms with E-state index in [2.05, 4.69) is 23.8 Å². The summed E-state index contributed by atoms with van der Waals surface area (Å²) in [7, 11) is 0. The molecule has 0 heterocycles. The van der Waals surface area contributed by atoms with Gasteiger partial charge in [-0.1, -0.05) is 6.42 Å². The molecule has 0 spiro atoms. The SMILES string of the molecule is CSCCC(C)NC1CCCC1CNC(=O)OC(C)(C)C. The molecule has 0 aromatic carbocycles. The van der Waals surface area contributed by atoms with Gasteiger partial charge in [-0.05, 0) is 64.9 Å². The molecule has 124 valence electrons. The number of alkyl carbamates (subject to hydrolysis) is 1. The van der Waals surface area contributed by atoms with Crippen LogP contribution in [0.4, 0.5) is 4.79 Å². The summed E-state index contributed by atoms with van der Waals surface area (Å²) in [5, 5.41) is 6.65. The zero-order valence-corrected chi connectivity index (χ0v) is 15.0.